The molecule has 0 amide bonds. The van der Waals surface area contributed by atoms with Crippen LogP contribution in [-0.2, 0) is 4.79 Å². The maximum Gasteiger partial charge on any atom is 0.347 e. The molecule has 0 aliphatic heterocycles. The van der Waals surface area contributed by atoms with Crippen LogP contribution in [0.5, 0.6) is 11.5 Å². The zero-order chi connectivity index (χ0) is 28.4. The predicted octanol–water partition coefficient (Wildman–Crippen LogP) is 8.08. The van der Waals surface area contributed by atoms with Crippen LogP contribution in [0.25, 0.3) is 22.4 Å². The van der Waals surface area contributed by atoms with Gasteiger partial charge in [0.25, 0.3) is 0 Å². The molecule has 3 aromatic carbocycles. The lowest BCUT2D eigenvalue weighted by atomic mass is 9.83. The fraction of sp³-hybridized carbons (Fsp3) is 0.355. The minimum atomic E-state index is -1.37. The van der Waals surface area contributed by atoms with Gasteiger partial charge in [-0.2, -0.15) is 0 Å². The van der Waals surface area contributed by atoms with E-state index in [1.807, 2.05) is 16.7 Å². The first-order valence-corrected chi connectivity index (χ1v) is 13.8. The summed E-state index contributed by atoms with van der Waals surface area (Å²) < 4.78 is 42.7. The van der Waals surface area contributed by atoms with Gasteiger partial charge in [-0.25, -0.2) is 18.6 Å². The summed E-state index contributed by atoms with van der Waals surface area (Å²) in [6.07, 6.45) is 5.28. The summed E-state index contributed by atoms with van der Waals surface area (Å²) in [7, 11) is 0. The summed E-state index contributed by atoms with van der Waals surface area (Å²) in [6, 6.07) is 16.2. The van der Waals surface area contributed by atoms with E-state index in [1.165, 1.54) is 19.9 Å². The maximum atomic E-state index is 14.5. The average molecular weight is 569 g/mol. The van der Waals surface area contributed by atoms with Crippen LogP contribution in [-0.4, -0.2) is 32.8 Å². The van der Waals surface area contributed by atoms with Gasteiger partial charge in [-0.3, -0.25) is 0 Å². The quantitative estimate of drug-likeness (QED) is 0.221. The molecule has 1 N–H and O–H groups in total. The summed E-state index contributed by atoms with van der Waals surface area (Å²) in [5, 5.41) is 9.91. The second-order valence-electron chi connectivity index (χ2n) is 10.7. The van der Waals surface area contributed by atoms with Gasteiger partial charge in [0.2, 0.25) is 0 Å². The highest BCUT2D eigenvalue weighted by molar-refractivity contribution is 6.30. The van der Waals surface area contributed by atoms with Crippen LogP contribution < -0.4 is 9.47 Å². The first kappa shape index (κ1) is 27.9. The van der Waals surface area contributed by atoms with Crippen molar-refractivity contribution in [2.45, 2.75) is 57.6 Å². The normalized spacial score (nSPS) is 15.2. The number of aromatic nitrogens is 2. The van der Waals surface area contributed by atoms with Crippen molar-refractivity contribution in [2.24, 2.45) is 5.92 Å². The second kappa shape index (κ2) is 11.5. The highest BCUT2D eigenvalue weighted by Crippen LogP contribution is 2.39. The van der Waals surface area contributed by atoms with Crippen LogP contribution in [0.3, 0.4) is 0 Å². The van der Waals surface area contributed by atoms with E-state index in [9.17, 15) is 18.7 Å². The highest BCUT2D eigenvalue weighted by atomic mass is 35.5. The summed E-state index contributed by atoms with van der Waals surface area (Å²) >= 11 is 6.14. The molecule has 1 aliphatic rings. The number of hydrogen-bond donors (Lipinski definition) is 1. The van der Waals surface area contributed by atoms with Crippen LogP contribution in [0.15, 0.2) is 60.7 Å². The number of aliphatic carboxylic acids is 1. The monoisotopic (exact) mass is 568 g/mol. The molecule has 40 heavy (non-hydrogen) atoms. The Kier molecular flexibility index (Phi) is 7.99. The summed E-state index contributed by atoms with van der Waals surface area (Å²) in [4.78, 5) is 16.1. The molecule has 1 atom stereocenters. The molecule has 0 spiro atoms. The highest BCUT2D eigenvalue weighted by Gasteiger charge is 2.31. The van der Waals surface area contributed by atoms with E-state index in [2.05, 4.69) is 0 Å². The van der Waals surface area contributed by atoms with Crippen LogP contribution in [0.4, 0.5) is 8.78 Å². The third-order valence-electron chi connectivity index (χ3n) is 7.49. The number of rotatable bonds is 9. The van der Waals surface area contributed by atoms with Gasteiger partial charge < -0.3 is 19.1 Å². The Bertz CT molecular complexity index is 1500. The average Bonchev–Trinajstić information content (AvgIpc) is 3.28. The number of nitrogens with zero attached hydrogens (tertiary/aromatic N) is 2. The molecule has 1 saturated carbocycles. The standard InChI is InChI=1S/C31H31ClF2N2O4/c1-31(2,30(37)38)40-23-14-12-22(13-15-23)39-18-28(19-6-4-3-5-7-19)36-27-17-25(34)24(33)16-26(27)35-29(36)20-8-10-21(32)11-9-20/h8-17,19,28H,3-7,18H2,1-2H3,(H,37,38). The van der Waals surface area contributed by atoms with E-state index in [-0.39, 0.29) is 18.6 Å². The molecule has 6 nitrogen and oxygen atoms in total. The molecule has 4 aromatic rings. The number of carboxylic acids is 1. The molecule has 1 unspecified atom stereocenters. The van der Waals surface area contributed by atoms with E-state index in [0.717, 1.165) is 43.7 Å². The van der Waals surface area contributed by atoms with E-state index in [4.69, 9.17) is 26.1 Å². The Balaban J connectivity index is 1.51. The zero-order valence-electron chi connectivity index (χ0n) is 22.4. The van der Waals surface area contributed by atoms with E-state index >= 15 is 0 Å². The maximum absolute atomic E-state index is 14.5. The van der Waals surface area contributed by atoms with E-state index in [1.54, 1.807) is 36.4 Å². The first-order valence-electron chi connectivity index (χ1n) is 13.4. The van der Waals surface area contributed by atoms with Crippen LogP contribution in [0.2, 0.25) is 5.02 Å². The molecule has 0 saturated heterocycles. The minimum absolute atomic E-state index is 0.206. The van der Waals surface area contributed by atoms with Crippen LogP contribution >= 0.6 is 11.6 Å². The largest absolute Gasteiger partial charge is 0.491 e. The first-order chi connectivity index (χ1) is 19.1. The zero-order valence-corrected chi connectivity index (χ0v) is 23.1. The number of imidazole rings is 1. The van der Waals surface area contributed by atoms with Gasteiger partial charge in [0.1, 0.15) is 23.9 Å². The SMILES string of the molecule is CC(C)(Oc1ccc(OCC(C2CCCCC2)n2c(-c3ccc(Cl)cc3)nc3cc(F)c(F)cc32)cc1)C(=O)O. The lowest BCUT2D eigenvalue weighted by Crippen LogP contribution is -2.37. The van der Waals surface area contributed by atoms with Crippen LogP contribution in [0.1, 0.15) is 52.0 Å². The Labute approximate surface area is 236 Å². The van der Waals surface area contributed by atoms with Crippen molar-refractivity contribution in [3.05, 3.63) is 77.3 Å². The molecule has 1 aromatic heterocycles. The number of halogens is 3. The Morgan fingerprint density at radius 2 is 1.65 bits per heavy atom. The topological polar surface area (TPSA) is 73.6 Å². The molecule has 1 aliphatic carbocycles. The minimum Gasteiger partial charge on any atom is -0.491 e. The fourth-order valence-corrected chi connectivity index (χ4v) is 5.42. The Hall–Kier alpha value is -3.65. The van der Waals surface area contributed by atoms with Crippen LogP contribution in [0, 0.1) is 17.6 Å². The predicted molar refractivity (Wildman–Crippen MR) is 150 cm³/mol. The molecule has 9 heteroatoms. The number of benzene rings is 3. The van der Waals surface area contributed by atoms with Gasteiger partial charge >= 0.3 is 5.97 Å². The number of carboxylic acid groups (broad SMARTS) is 1. The lowest BCUT2D eigenvalue weighted by Gasteiger charge is -2.32. The molecule has 210 valence electrons. The Morgan fingerprint density at radius 3 is 2.30 bits per heavy atom. The van der Waals surface area contributed by atoms with Gasteiger partial charge in [-0.15, -0.1) is 0 Å². The number of hydrogen-bond acceptors (Lipinski definition) is 4. The summed E-state index contributed by atoms with van der Waals surface area (Å²) in [5.41, 5.74) is 0.281. The number of ether oxygens (including phenoxy) is 2. The molecular weight excluding hydrogens is 538 g/mol. The van der Waals surface area contributed by atoms with Crippen molar-refractivity contribution >= 4 is 28.6 Å². The van der Waals surface area contributed by atoms with E-state index in [0.29, 0.717) is 33.4 Å². The second-order valence-corrected chi connectivity index (χ2v) is 11.2. The molecule has 0 radical (unpaired) electrons. The Morgan fingerprint density at radius 1 is 1.02 bits per heavy atom. The number of carbonyl (C=O) groups is 1. The molecular formula is C31H31ClF2N2O4. The van der Waals surface area contributed by atoms with Crippen molar-refractivity contribution < 1.29 is 28.2 Å². The molecule has 0 bridgehead atoms. The smallest absolute Gasteiger partial charge is 0.347 e. The van der Waals surface area contributed by atoms with Gasteiger partial charge in [0.05, 0.1) is 17.1 Å². The third kappa shape index (κ3) is 5.92. The van der Waals surface area contributed by atoms with Crippen molar-refractivity contribution in [3.8, 4) is 22.9 Å². The molecule has 1 heterocycles. The number of fused-ring (bicyclic) bond motifs is 1. The van der Waals surface area contributed by atoms with E-state index < -0.39 is 23.2 Å². The summed E-state index contributed by atoms with van der Waals surface area (Å²) in [6.45, 7) is 3.24. The van der Waals surface area contributed by atoms with Gasteiger partial charge in [-0.1, -0.05) is 30.9 Å². The lowest BCUT2D eigenvalue weighted by molar-refractivity contribution is -0.152. The van der Waals surface area contributed by atoms with Crippen molar-refractivity contribution in [3.63, 3.8) is 0 Å². The van der Waals surface area contributed by atoms with Crippen molar-refractivity contribution in [1.29, 1.82) is 0 Å². The summed E-state index contributed by atoms with van der Waals surface area (Å²) in [5.74, 6) is -1.12. The van der Waals surface area contributed by atoms with Gasteiger partial charge in [0.15, 0.2) is 17.2 Å². The van der Waals surface area contributed by atoms with Gasteiger partial charge in [-0.05, 0) is 81.1 Å². The molecule has 5 rings (SSSR count). The van der Waals surface area contributed by atoms with Crippen molar-refractivity contribution in [1.82, 2.24) is 9.55 Å². The fourth-order valence-electron chi connectivity index (χ4n) is 5.29. The van der Waals surface area contributed by atoms with Gasteiger partial charge in [0, 0.05) is 22.7 Å². The van der Waals surface area contributed by atoms with Crippen molar-refractivity contribution in [2.75, 3.05) is 6.61 Å². The molecule has 1 fully saturated rings. The third-order valence-corrected chi connectivity index (χ3v) is 7.74.